The fourth-order valence-electron chi connectivity index (χ4n) is 3.45. The van der Waals surface area contributed by atoms with E-state index in [0.29, 0.717) is 11.6 Å². The molecule has 0 saturated carbocycles. The first kappa shape index (κ1) is 19.8. The van der Waals surface area contributed by atoms with Crippen LogP contribution in [-0.4, -0.2) is 37.7 Å². The number of benzene rings is 2. The first-order chi connectivity index (χ1) is 15.7. The van der Waals surface area contributed by atoms with Gasteiger partial charge in [-0.15, -0.1) is 0 Å². The molecule has 0 bridgehead atoms. The van der Waals surface area contributed by atoms with E-state index in [0.717, 1.165) is 39.3 Å². The molecule has 32 heavy (non-hydrogen) atoms. The van der Waals surface area contributed by atoms with Gasteiger partial charge < -0.3 is 24.3 Å². The lowest BCUT2D eigenvalue weighted by Crippen LogP contribution is -2.02. The molecule has 2 N–H and O–H groups in total. The molecule has 5 rings (SSSR count). The zero-order valence-electron chi connectivity index (χ0n) is 17.4. The Labute approximate surface area is 184 Å². The largest absolute Gasteiger partial charge is 0.491 e. The third kappa shape index (κ3) is 4.03. The van der Waals surface area contributed by atoms with Crippen LogP contribution in [0.1, 0.15) is 5.56 Å². The summed E-state index contributed by atoms with van der Waals surface area (Å²) in [6, 6.07) is 15.2. The van der Waals surface area contributed by atoms with E-state index in [-0.39, 0.29) is 13.2 Å². The SMILES string of the molecule is Cc1cc(Nc2ncnc3ccc(OCCO)cc23)ccc1Oc1ccn2ccnc2c1. The molecule has 0 amide bonds. The van der Waals surface area contributed by atoms with Crippen LogP contribution in [-0.2, 0) is 0 Å². The van der Waals surface area contributed by atoms with E-state index in [1.54, 1.807) is 6.20 Å². The zero-order valence-corrected chi connectivity index (χ0v) is 17.4. The van der Waals surface area contributed by atoms with Crippen molar-refractivity contribution in [2.75, 3.05) is 18.5 Å². The normalized spacial score (nSPS) is 11.1. The summed E-state index contributed by atoms with van der Waals surface area (Å²) in [5.74, 6) is 2.81. The number of nitrogens with one attached hydrogen (secondary N) is 1. The second-order valence-electron chi connectivity index (χ2n) is 7.24. The van der Waals surface area contributed by atoms with Crippen LogP contribution >= 0.6 is 0 Å². The van der Waals surface area contributed by atoms with Crippen molar-refractivity contribution in [2.24, 2.45) is 0 Å². The average molecular weight is 427 g/mol. The predicted molar refractivity (Wildman–Crippen MR) is 122 cm³/mol. The summed E-state index contributed by atoms with van der Waals surface area (Å²) in [5.41, 5.74) is 3.48. The van der Waals surface area contributed by atoms with Crippen LogP contribution in [0.5, 0.6) is 17.2 Å². The van der Waals surface area contributed by atoms with Gasteiger partial charge in [-0.1, -0.05) is 0 Å². The highest BCUT2D eigenvalue weighted by atomic mass is 16.5. The number of ether oxygens (including phenoxy) is 2. The monoisotopic (exact) mass is 427 g/mol. The number of aliphatic hydroxyl groups excluding tert-OH is 1. The summed E-state index contributed by atoms with van der Waals surface area (Å²) < 4.78 is 13.5. The molecule has 3 aromatic heterocycles. The summed E-state index contributed by atoms with van der Waals surface area (Å²) in [6.07, 6.45) is 7.09. The van der Waals surface area contributed by atoms with Crippen molar-refractivity contribution >= 4 is 28.1 Å². The third-order valence-corrected chi connectivity index (χ3v) is 5.00. The van der Waals surface area contributed by atoms with Gasteiger partial charge in [0.25, 0.3) is 0 Å². The van der Waals surface area contributed by atoms with Crippen molar-refractivity contribution in [1.82, 2.24) is 19.4 Å². The van der Waals surface area contributed by atoms with E-state index in [1.807, 2.05) is 72.2 Å². The Kier molecular flexibility index (Phi) is 5.27. The number of pyridine rings is 1. The van der Waals surface area contributed by atoms with Crippen molar-refractivity contribution in [2.45, 2.75) is 6.92 Å². The second kappa shape index (κ2) is 8.52. The van der Waals surface area contributed by atoms with Gasteiger partial charge in [0.1, 0.15) is 41.6 Å². The number of nitrogens with zero attached hydrogens (tertiary/aromatic N) is 4. The van der Waals surface area contributed by atoms with E-state index in [1.165, 1.54) is 6.33 Å². The maximum absolute atomic E-state index is 8.99. The maximum atomic E-state index is 8.99. The number of fused-ring (bicyclic) bond motifs is 2. The molecule has 160 valence electrons. The van der Waals surface area contributed by atoms with Crippen LogP contribution in [0.15, 0.2) is 73.4 Å². The summed E-state index contributed by atoms with van der Waals surface area (Å²) in [7, 11) is 0. The lowest BCUT2D eigenvalue weighted by atomic mass is 10.2. The second-order valence-corrected chi connectivity index (χ2v) is 7.24. The molecule has 0 atom stereocenters. The number of aliphatic hydroxyl groups is 1. The molecule has 0 aliphatic carbocycles. The minimum Gasteiger partial charge on any atom is -0.491 e. The summed E-state index contributed by atoms with van der Waals surface area (Å²) >= 11 is 0. The van der Waals surface area contributed by atoms with Gasteiger partial charge in [-0.2, -0.15) is 0 Å². The Bertz CT molecular complexity index is 1400. The zero-order chi connectivity index (χ0) is 21.9. The summed E-state index contributed by atoms with van der Waals surface area (Å²) in [4.78, 5) is 13.0. The van der Waals surface area contributed by atoms with E-state index < -0.39 is 0 Å². The van der Waals surface area contributed by atoms with Gasteiger partial charge in [0, 0.05) is 35.7 Å². The first-order valence-corrected chi connectivity index (χ1v) is 10.2. The molecule has 0 aliphatic heterocycles. The van der Waals surface area contributed by atoms with Gasteiger partial charge in [-0.05, 0) is 55.0 Å². The number of rotatable bonds is 7. The molecular formula is C24H21N5O3. The molecule has 0 unspecified atom stereocenters. The van der Waals surface area contributed by atoms with Crippen LogP contribution in [0.2, 0.25) is 0 Å². The highest BCUT2D eigenvalue weighted by Crippen LogP contribution is 2.31. The summed E-state index contributed by atoms with van der Waals surface area (Å²) in [6.45, 7) is 2.18. The highest BCUT2D eigenvalue weighted by molar-refractivity contribution is 5.91. The van der Waals surface area contributed by atoms with E-state index in [9.17, 15) is 0 Å². The number of aryl methyl sites for hydroxylation is 1. The first-order valence-electron chi connectivity index (χ1n) is 10.2. The van der Waals surface area contributed by atoms with Crippen LogP contribution in [0.3, 0.4) is 0 Å². The van der Waals surface area contributed by atoms with Gasteiger partial charge >= 0.3 is 0 Å². The molecule has 0 radical (unpaired) electrons. The molecule has 0 saturated heterocycles. The Morgan fingerprint density at radius 2 is 1.91 bits per heavy atom. The Morgan fingerprint density at radius 3 is 2.78 bits per heavy atom. The maximum Gasteiger partial charge on any atom is 0.141 e. The van der Waals surface area contributed by atoms with Crippen LogP contribution in [0.25, 0.3) is 16.6 Å². The average Bonchev–Trinajstić information content (AvgIpc) is 3.28. The van der Waals surface area contributed by atoms with Crippen LogP contribution in [0, 0.1) is 6.92 Å². The number of anilines is 2. The van der Waals surface area contributed by atoms with Crippen LogP contribution < -0.4 is 14.8 Å². The molecule has 8 nitrogen and oxygen atoms in total. The van der Waals surface area contributed by atoms with E-state index in [2.05, 4.69) is 20.3 Å². The molecule has 0 fully saturated rings. The molecule has 2 aromatic carbocycles. The van der Waals surface area contributed by atoms with Crippen molar-refractivity contribution in [3.63, 3.8) is 0 Å². The number of imidazole rings is 1. The standard InChI is InChI=1S/C24H21N5O3/c1-16-12-17(2-5-22(16)32-19-6-8-29-9-7-25-23(29)14-19)28-24-20-13-18(31-11-10-30)3-4-21(20)26-15-27-24/h2-9,12-15,30H,10-11H2,1H3,(H,26,27,28). The minimum atomic E-state index is -0.0436. The molecule has 8 heteroatoms. The minimum absolute atomic E-state index is 0.0436. The van der Waals surface area contributed by atoms with Crippen LogP contribution in [0.4, 0.5) is 11.5 Å². The quantitative estimate of drug-likeness (QED) is 0.395. The van der Waals surface area contributed by atoms with Gasteiger partial charge in [0.15, 0.2) is 0 Å². The van der Waals surface area contributed by atoms with Gasteiger partial charge in [-0.25, -0.2) is 15.0 Å². The Morgan fingerprint density at radius 1 is 0.969 bits per heavy atom. The predicted octanol–water partition coefficient (Wildman–Crippen LogP) is 4.49. The van der Waals surface area contributed by atoms with Crippen molar-refractivity contribution in [1.29, 1.82) is 0 Å². The summed E-state index contributed by atoms with van der Waals surface area (Å²) in [5, 5.41) is 13.2. The van der Waals surface area contributed by atoms with E-state index in [4.69, 9.17) is 14.6 Å². The third-order valence-electron chi connectivity index (χ3n) is 5.00. The lowest BCUT2D eigenvalue weighted by molar-refractivity contribution is 0.201. The smallest absolute Gasteiger partial charge is 0.141 e. The van der Waals surface area contributed by atoms with Gasteiger partial charge in [0.2, 0.25) is 0 Å². The van der Waals surface area contributed by atoms with Crippen molar-refractivity contribution < 1.29 is 14.6 Å². The number of aromatic nitrogens is 4. The lowest BCUT2D eigenvalue weighted by Gasteiger charge is -2.13. The van der Waals surface area contributed by atoms with Crippen molar-refractivity contribution in [3.8, 4) is 17.2 Å². The Hall–Kier alpha value is -4.17. The number of hydrogen-bond donors (Lipinski definition) is 2. The molecule has 0 aliphatic rings. The van der Waals surface area contributed by atoms with Gasteiger partial charge in [0.05, 0.1) is 12.1 Å². The fraction of sp³-hybridized carbons (Fsp3) is 0.125. The topological polar surface area (TPSA) is 93.8 Å². The Balaban J connectivity index is 1.38. The molecule has 0 spiro atoms. The highest BCUT2D eigenvalue weighted by Gasteiger charge is 2.09. The fourth-order valence-corrected chi connectivity index (χ4v) is 3.45. The van der Waals surface area contributed by atoms with Gasteiger partial charge in [-0.3, -0.25) is 0 Å². The van der Waals surface area contributed by atoms with E-state index >= 15 is 0 Å². The number of hydrogen-bond acceptors (Lipinski definition) is 7. The molecule has 5 aromatic rings. The van der Waals surface area contributed by atoms with Crippen molar-refractivity contribution in [3.05, 3.63) is 79.0 Å². The molecular weight excluding hydrogens is 406 g/mol. The molecule has 3 heterocycles.